The smallest absolute Gasteiger partial charge is 0.283 e. The van der Waals surface area contributed by atoms with Crippen LogP contribution in [0.25, 0.3) is 15.7 Å². The minimum absolute atomic E-state index is 0.106. The van der Waals surface area contributed by atoms with Crippen LogP contribution in [0.3, 0.4) is 0 Å². The van der Waals surface area contributed by atoms with Crippen molar-refractivity contribution >= 4 is 16.6 Å². The second-order valence-corrected chi connectivity index (χ2v) is 10.9. The van der Waals surface area contributed by atoms with Crippen LogP contribution in [0.4, 0.5) is 18.9 Å². The zero-order chi connectivity index (χ0) is 27.0. The molecule has 2 aliphatic heterocycles. The van der Waals surface area contributed by atoms with E-state index < -0.39 is 31.3 Å². The normalized spacial score (nSPS) is 21.7. The minimum atomic E-state index is -3.30. The lowest BCUT2D eigenvalue weighted by atomic mass is 9.85. The van der Waals surface area contributed by atoms with Gasteiger partial charge in [-0.2, -0.15) is 0 Å². The van der Waals surface area contributed by atoms with Gasteiger partial charge in [0.25, 0.3) is 5.92 Å². The molecule has 1 saturated heterocycles. The Kier molecular flexibility index (Phi) is 7.54. The molecule has 0 radical (unpaired) electrons. The van der Waals surface area contributed by atoms with Crippen molar-refractivity contribution in [3.63, 3.8) is 0 Å². The third-order valence-electron chi connectivity index (χ3n) is 8.18. The number of unbranched alkanes of at least 4 members (excludes halogenated alkanes) is 1. The monoisotopic (exact) mass is 524 g/mol. The Morgan fingerprint density at radius 1 is 1.21 bits per heavy atom. The van der Waals surface area contributed by atoms with Gasteiger partial charge in [0.1, 0.15) is 12.8 Å². The van der Waals surface area contributed by atoms with Gasteiger partial charge in [-0.05, 0) is 49.1 Å². The van der Waals surface area contributed by atoms with E-state index in [1.807, 2.05) is 31.2 Å². The van der Waals surface area contributed by atoms with Crippen molar-refractivity contribution in [3.8, 4) is 0 Å². The van der Waals surface area contributed by atoms with E-state index in [9.17, 15) is 13.9 Å². The zero-order valence-corrected chi connectivity index (χ0v) is 21.9. The Morgan fingerprint density at radius 2 is 1.97 bits per heavy atom. The summed E-state index contributed by atoms with van der Waals surface area (Å²) in [5, 5.41) is 10.4. The molecule has 2 aromatic carbocycles. The third-order valence-corrected chi connectivity index (χ3v) is 8.18. The molecule has 2 aliphatic rings. The van der Waals surface area contributed by atoms with Gasteiger partial charge in [0.2, 0.25) is 0 Å². The van der Waals surface area contributed by atoms with Crippen LogP contribution >= 0.6 is 0 Å². The van der Waals surface area contributed by atoms with E-state index in [0.29, 0.717) is 30.6 Å². The molecule has 5 rings (SSSR count). The summed E-state index contributed by atoms with van der Waals surface area (Å²) in [5.41, 5.74) is 4.04. The highest BCUT2D eigenvalue weighted by Crippen LogP contribution is 2.45. The fraction of sp³-hybridized carbons (Fsp3) is 0.500. The van der Waals surface area contributed by atoms with Crippen molar-refractivity contribution in [1.29, 1.82) is 0 Å². The molecule has 1 fully saturated rings. The van der Waals surface area contributed by atoms with Gasteiger partial charge in [-0.3, -0.25) is 4.90 Å². The summed E-state index contributed by atoms with van der Waals surface area (Å²) in [7, 11) is 0. The zero-order valence-electron chi connectivity index (χ0n) is 21.9. The van der Waals surface area contributed by atoms with Crippen LogP contribution < -0.4 is 0 Å². The SMILES string of the molecule is [C-]#[N+]c1cc([C@H](F)C2CN(CCCC)C2)ccc1[C@@H]1c2[nH]c3ccccc3c2C[C@@H](C)N1CC(F)(F)CO. The molecule has 1 aromatic heterocycles. The van der Waals surface area contributed by atoms with Crippen molar-refractivity contribution in [2.24, 2.45) is 5.92 Å². The van der Waals surface area contributed by atoms with E-state index in [2.05, 4.69) is 21.7 Å². The van der Waals surface area contributed by atoms with E-state index in [1.54, 1.807) is 23.1 Å². The maximum atomic E-state index is 15.5. The highest BCUT2D eigenvalue weighted by molar-refractivity contribution is 5.85. The number of rotatable bonds is 9. The molecule has 3 aromatic rings. The molecule has 8 heteroatoms. The van der Waals surface area contributed by atoms with E-state index in [0.717, 1.165) is 41.5 Å². The molecular formula is C30H35F3N4O. The number of aromatic nitrogens is 1. The Morgan fingerprint density at radius 3 is 2.68 bits per heavy atom. The molecule has 0 saturated carbocycles. The van der Waals surface area contributed by atoms with Crippen molar-refractivity contribution in [3.05, 3.63) is 76.3 Å². The number of nitrogens with zero attached hydrogens (tertiary/aromatic N) is 3. The number of likely N-dealkylation sites (tertiary alicyclic amines) is 1. The van der Waals surface area contributed by atoms with Crippen molar-refractivity contribution in [1.82, 2.24) is 14.8 Å². The number of alkyl halides is 3. The number of hydrogen-bond donors (Lipinski definition) is 2. The number of fused-ring (bicyclic) bond motifs is 3. The molecule has 38 heavy (non-hydrogen) atoms. The summed E-state index contributed by atoms with van der Waals surface area (Å²) < 4.78 is 44.6. The first kappa shape index (κ1) is 26.7. The number of hydrogen-bond acceptors (Lipinski definition) is 3. The summed E-state index contributed by atoms with van der Waals surface area (Å²) in [4.78, 5) is 11.1. The quantitative estimate of drug-likeness (QED) is 0.318. The first-order chi connectivity index (χ1) is 18.3. The summed E-state index contributed by atoms with van der Waals surface area (Å²) in [5.74, 6) is -3.40. The molecule has 2 N–H and O–H groups in total. The van der Waals surface area contributed by atoms with Crippen LogP contribution in [0.15, 0.2) is 42.5 Å². The Bertz CT molecular complexity index is 1330. The van der Waals surface area contributed by atoms with Crippen LogP contribution in [-0.2, 0) is 6.42 Å². The Balaban J connectivity index is 1.52. The Hall–Kier alpha value is -2.86. The van der Waals surface area contributed by atoms with E-state index in [-0.39, 0.29) is 17.6 Å². The van der Waals surface area contributed by atoms with Gasteiger partial charge < -0.3 is 15.0 Å². The topological polar surface area (TPSA) is 46.9 Å². The second kappa shape index (κ2) is 10.7. The van der Waals surface area contributed by atoms with Crippen LogP contribution in [0.5, 0.6) is 0 Å². The second-order valence-electron chi connectivity index (χ2n) is 10.9. The minimum Gasteiger partial charge on any atom is -0.390 e. The maximum Gasteiger partial charge on any atom is 0.283 e. The summed E-state index contributed by atoms with van der Waals surface area (Å²) in [6.45, 7) is 12.4. The lowest BCUT2D eigenvalue weighted by molar-refractivity contribution is -0.0864. The first-order valence-electron chi connectivity index (χ1n) is 13.5. The van der Waals surface area contributed by atoms with Gasteiger partial charge in [-0.15, -0.1) is 0 Å². The molecule has 0 spiro atoms. The molecule has 3 atom stereocenters. The van der Waals surface area contributed by atoms with Gasteiger partial charge in [0.15, 0.2) is 5.69 Å². The molecule has 202 valence electrons. The molecule has 0 bridgehead atoms. The largest absolute Gasteiger partial charge is 0.390 e. The molecule has 0 aliphatic carbocycles. The number of para-hydroxylation sites is 1. The average molecular weight is 525 g/mol. The number of aliphatic hydroxyl groups is 1. The fourth-order valence-electron chi connectivity index (χ4n) is 6.10. The summed E-state index contributed by atoms with van der Waals surface area (Å²) in [6, 6.07) is 12.0. The number of nitrogens with one attached hydrogen (secondary N) is 1. The van der Waals surface area contributed by atoms with Crippen LogP contribution in [0.1, 0.15) is 61.3 Å². The van der Waals surface area contributed by atoms with E-state index >= 15 is 4.39 Å². The number of benzene rings is 2. The highest BCUT2D eigenvalue weighted by Gasteiger charge is 2.42. The Labute approximate surface area is 222 Å². The molecule has 0 amide bonds. The molecule has 3 heterocycles. The van der Waals surface area contributed by atoms with Crippen molar-refractivity contribution in [2.75, 3.05) is 32.8 Å². The van der Waals surface area contributed by atoms with E-state index in [1.165, 1.54) is 0 Å². The predicted molar refractivity (Wildman–Crippen MR) is 143 cm³/mol. The van der Waals surface area contributed by atoms with E-state index in [4.69, 9.17) is 6.57 Å². The summed E-state index contributed by atoms with van der Waals surface area (Å²) >= 11 is 0. The van der Waals surface area contributed by atoms with Crippen LogP contribution in [-0.4, -0.2) is 64.6 Å². The summed E-state index contributed by atoms with van der Waals surface area (Å²) in [6.07, 6.45) is 1.59. The van der Waals surface area contributed by atoms with Crippen LogP contribution in [0.2, 0.25) is 0 Å². The van der Waals surface area contributed by atoms with Crippen molar-refractivity contribution in [2.45, 2.75) is 57.3 Å². The number of aliphatic hydroxyl groups excluding tert-OH is 1. The number of aromatic amines is 1. The fourth-order valence-corrected chi connectivity index (χ4v) is 6.10. The standard InChI is InChI=1S/C30H35F3N4O/c1-4-5-12-36-15-21(16-36)27(31)20-10-11-23(26(14-20)34-3)29-28-24(22-8-6-7-9-25(22)35-28)13-19(2)37(29)17-30(32,33)18-38/h6-11,14,19,21,27,29,35,38H,4-5,12-13,15-18H2,1-2H3/t19-,27+,29-/m1/s1. The maximum absolute atomic E-state index is 15.5. The molecule has 5 nitrogen and oxygen atoms in total. The first-order valence-corrected chi connectivity index (χ1v) is 13.5. The van der Waals surface area contributed by atoms with Gasteiger partial charge in [0.05, 0.1) is 19.2 Å². The molecular weight excluding hydrogens is 489 g/mol. The van der Waals surface area contributed by atoms with Gasteiger partial charge in [-0.1, -0.05) is 49.7 Å². The van der Waals surface area contributed by atoms with Crippen molar-refractivity contribution < 1.29 is 18.3 Å². The number of halogens is 3. The van der Waals surface area contributed by atoms with Gasteiger partial charge >= 0.3 is 0 Å². The van der Waals surface area contributed by atoms with Gasteiger partial charge in [0, 0.05) is 41.6 Å². The molecule has 0 unspecified atom stereocenters. The van der Waals surface area contributed by atoms with Crippen LogP contribution in [0, 0.1) is 12.5 Å². The predicted octanol–water partition coefficient (Wildman–Crippen LogP) is 6.42. The van der Waals surface area contributed by atoms with Gasteiger partial charge in [-0.25, -0.2) is 18.0 Å². The third kappa shape index (κ3) is 4.95. The average Bonchev–Trinajstić information content (AvgIpc) is 3.25. The lowest BCUT2D eigenvalue weighted by Gasteiger charge is -2.43. The lowest BCUT2D eigenvalue weighted by Crippen LogP contribution is -2.49. The number of H-pyrrole nitrogens is 1. The highest BCUT2D eigenvalue weighted by atomic mass is 19.3.